The Hall–Kier alpha value is -3.60. The van der Waals surface area contributed by atoms with Crippen molar-refractivity contribution >= 4 is 17.9 Å². The van der Waals surface area contributed by atoms with Crippen molar-refractivity contribution < 1.29 is 22.8 Å². The van der Waals surface area contributed by atoms with Gasteiger partial charge in [-0.05, 0) is 41.5 Å². The monoisotopic (exact) mass is 401 g/mol. The standard InChI is InChI=1S/C21H18F3N3O2/c1-26-20(29)18-9-6-15(7-10-18)8-11-19(28)27(14-21(22,23)24)13-17-4-2-16(12-25)3-5-17/h2-11H,13-14H2,1H3,(H,26,29). The summed E-state index contributed by atoms with van der Waals surface area (Å²) in [5.74, 6) is -1.07. The zero-order valence-corrected chi connectivity index (χ0v) is 15.5. The highest BCUT2D eigenvalue weighted by molar-refractivity contribution is 5.94. The lowest BCUT2D eigenvalue weighted by Crippen LogP contribution is -2.37. The zero-order valence-electron chi connectivity index (χ0n) is 15.5. The number of hydrogen-bond donors (Lipinski definition) is 1. The number of carbonyl (C=O) groups excluding carboxylic acids is 2. The number of rotatable bonds is 6. The van der Waals surface area contributed by atoms with Crippen LogP contribution in [0.5, 0.6) is 0 Å². The molecule has 0 aliphatic rings. The van der Waals surface area contributed by atoms with Crippen molar-refractivity contribution in [1.29, 1.82) is 5.26 Å². The van der Waals surface area contributed by atoms with Crippen molar-refractivity contribution in [2.24, 2.45) is 0 Å². The van der Waals surface area contributed by atoms with Gasteiger partial charge in [0.15, 0.2) is 0 Å². The van der Waals surface area contributed by atoms with Gasteiger partial charge in [-0.15, -0.1) is 0 Å². The summed E-state index contributed by atoms with van der Waals surface area (Å²) >= 11 is 0. The number of amides is 2. The molecular weight excluding hydrogens is 383 g/mol. The maximum Gasteiger partial charge on any atom is 0.406 e. The first-order valence-corrected chi connectivity index (χ1v) is 8.57. The summed E-state index contributed by atoms with van der Waals surface area (Å²) in [6.07, 6.45) is -2.10. The van der Waals surface area contributed by atoms with Crippen molar-refractivity contribution in [3.63, 3.8) is 0 Å². The predicted octanol–water partition coefficient (Wildman–Crippen LogP) is 3.52. The maximum atomic E-state index is 12.9. The quantitative estimate of drug-likeness (QED) is 0.753. The molecule has 0 aliphatic carbocycles. The van der Waals surface area contributed by atoms with Gasteiger partial charge in [0.05, 0.1) is 11.6 Å². The van der Waals surface area contributed by atoms with Crippen LogP contribution < -0.4 is 5.32 Å². The molecule has 0 heterocycles. The Balaban J connectivity index is 2.14. The molecule has 29 heavy (non-hydrogen) atoms. The number of nitrogens with zero attached hydrogens (tertiary/aromatic N) is 2. The van der Waals surface area contributed by atoms with E-state index in [1.807, 2.05) is 6.07 Å². The molecule has 0 atom stereocenters. The third-order valence-electron chi connectivity index (χ3n) is 3.96. The molecule has 0 radical (unpaired) electrons. The minimum atomic E-state index is -4.55. The van der Waals surface area contributed by atoms with E-state index in [1.165, 1.54) is 37.4 Å². The Morgan fingerprint density at radius 1 is 1.10 bits per heavy atom. The Kier molecular flexibility index (Phi) is 7.15. The highest BCUT2D eigenvalue weighted by atomic mass is 19.4. The lowest BCUT2D eigenvalue weighted by atomic mass is 10.1. The van der Waals surface area contributed by atoms with E-state index in [9.17, 15) is 22.8 Å². The third kappa shape index (κ3) is 6.81. The third-order valence-corrected chi connectivity index (χ3v) is 3.96. The van der Waals surface area contributed by atoms with Crippen LogP contribution >= 0.6 is 0 Å². The SMILES string of the molecule is CNC(=O)c1ccc(C=CC(=O)N(Cc2ccc(C#N)cc2)CC(F)(F)F)cc1. The smallest absolute Gasteiger partial charge is 0.355 e. The van der Waals surface area contributed by atoms with Crippen molar-refractivity contribution in [2.75, 3.05) is 13.6 Å². The Morgan fingerprint density at radius 3 is 2.24 bits per heavy atom. The van der Waals surface area contributed by atoms with E-state index in [0.29, 0.717) is 27.2 Å². The molecule has 0 aromatic heterocycles. The zero-order chi connectivity index (χ0) is 21.4. The van der Waals surface area contributed by atoms with Crippen molar-refractivity contribution in [1.82, 2.24) is 10.2 Å². The van der Waals surface area contributed by atoms with E-state index >= 15 is 0 Å². The molecule has 0 unspecified atom stereocenters. The molecule has 2 aromatic rings. The van der Waals surface area contributed by atoms with Gasteiger partial charge in [-0.25, -0.2) is 0 Å². The van der Waals surface area contributed by atoms with Crippen LogP contribution in [-0.4, -0.2) is 36.5 Å². The molecule has 0 saturated carbocycles. The molecule has 0 saturated heterocycles. The fourth-order valence-electron chi connectivity index (χ4n) is 2.50. The van der Waals surface area contributed by atoms with Crippen molar-refractivity contribution in [3.8, 4) is 6.07 Å². The number of hydrogen-bond acceptors (Lipinski definition) is 3. The lowest BCUT2D eigenvalue weighted by Gasteiger charge is -2.23. The van der Waals surface area contributed by atoms with Crippen LogP contribution in [0.1, 0.15) is 27.0 Å². The lowest BCUT2D eigenvalue weighted by molar-refractivity contribution is -0.159. The largest absolute Gasteiger partial charge is 0.406 e. The average Bonchev–Trinajstić information content (AvgIpc) is 2.71. The summed E-state index contributed by atoms with van der Waals surface area (Å²) in [7, 11) is 1.50. The van der Waals surface area contributed by atoms with Crippen LogP contribution in [-0.2, 0) is 11.3 Å². The number of benzene rings is 2. The van der Waals surface area contributed by atoms with Crippen LogP contribution in [0, 0.1) is 11.3 Å². The second-order valence-electron chi connectivity index (χ2n) is 6.15. The van der Waals surface area contributed by atoms with E-state index in [-0.39, 0.29) is 12.5 Å². The van der Waals surface area contributed by atoms with E-state index in [1.54, 1.807) is 24.3 Å². The molecule has 5 nitrogen and oxygen atoms in total. The van der Waals surface area contributed by atoms with Crippen LogP contribution in [0.4, 0.5) is 13.2 Å². The predicted molar refractivity (Wildman–Crippen MR) is 101 cm³/mol. The summed E-state index contributed by atoms with van der Waals surface area (Å²) in [5.41, 5.74) is 1.85. The van der Waals surface area contributed by atoms with Crippen molar-refractivity contribution in [2.45, 2.75) is 12.7 Å². The van der Waals surface area contributed by atoms with E-state index in [4.69, 9.17) is 5.26 Å². The number of halogens is 3. The minimum absolute atomic E-state index is 0.246. The average molecular weight is 401 g/mol. The van der Waals surface area contributed by atoms with Gasteiger partial charge >= 0.3 is 6.18 Å². The molecular formula is C21H18F3N3O2. The van der Waals surface area contributed by atoms with Crippen LogP contribution in [0.2, 0.25) is 0 Å². The summed E-state index contributed by atoms with van der Waals surface area (Å²) in [4.78, 5) is 24.6. The molecule has 8 heteroatoms. The number of nitrogens with one attached hydrogen (secondary N) is 1. The van der Waals surface area contributed by atoms with Gasteiger partial charge in [-0.3, -0.25) is 9.59 Å². The summed E-state index contributed by atoms with van der Waals surface area (Å²) in [6.45, 7) is -1.64. The van der Waals surface area contributed by atoms with Gasteiger partial charge in [0.25, 0.3) is 5.91 Å². The first-order valence-electron chi connectivity index (χ1n) is 8.57. The van der Waals surface area contributed by atoms with Gasteiger partial charge in [0, 0.05) is 25.2 Å². The van der Waals surface area contributed by atoms with Crippen molar-refractivity contribution in [3.05, 3.63) is 76.9 Å². The number of nitriles is 1. The van der Waals surface area contributed by atoms with E-state index in [0.717, 1.165) is 6.08 Å². The summed E-state index contributed by atoms with van der Waals surface area (Å²) < 4.78 is 38.7. The highest BCUT2D eigenvalue weighted by Gasteiger charge is 2.32. The van der Waals surface area contributed by atoms with Crippen LogP contribution in [0.15, 0.2) is 54.6 Å². The molecule has 150 valence electrons. The van der Waals surface area contributed by atoms with E-state index < -0.39 is 18.6 Å². The summed E-state index contributed by atoms with van der Waals surface area (Å²) in [6, 6.07) is 14.2. The highest BCUT2D eigenvalue weighted by Crippen LogP contribution is 2.19. The van der Waals surface area contributed by atoms with Gasteiger partial charge in [-0.2, -0.15) is 18.4 Å². The second-order valence-corrected chi connectivity index (χ2v) is 6.15. The number of carbonyl (C=O) groups is 2. The fraction of sp³-hybridized carbons (Fsp3) is 0.190. The molecule has 0 aliphatic heterocycles. The van der Waals surface area contributed by atoms with E-state index in [2.05, 4.69) is 5.32 Å². The molecule has 2 rings (SSSR count). The molecule has 0 bridgehead atoms. The van der Waals surface area contributed by atoms with Gasteiger partial charge in [-0.1, -0.05) is 24.3 Å². The molecule has 1 N–H and O–H groups in total. The van der Waals surface area contributed by atoms with Gasteiger partial charge in [0.2, 0.25) is 5.91 Å². The second kappa shape index (κ2) is 9.55. The molecule has 0 spiro atoms. The normalized spacial score (nSPS) is 11.1. The Bertz CT molecular complexity index is 928. The maximum absolute atomic E-state index is 12.9. The summed E-state index contributed by atoms with van der Waals surface area (Å²) in [5, 5.41) is 11.3. The van der Waals surface area contributed by atoms with Crippen LogP contribution in [0.3, 0.4) is 0 Å². The number of alkyl halides is 3. The molecule has 2 amide bonds. The Morgan fingerprint density at radius 2 is 1.72 bits per heavy atom. The fourth-order valence-corrected chi connectivity index (χ4v) is 2.50. The minimum Gasteiger partial charge on any atom is -0.355 e. The van der Waals surface area contributed by atoms with Gasteiger partial charge < -0.3 is 10.2 Å². The molecule has 0 fully saturated rings. The first-order chi connectivity index (χ1) is 13.7. The Labute approximate surface area is 166 Å². The topological polar surface area (TPSA) is 73.2 Å². The van der Waals surface area contributed by atoms with Crippen LogP contribution in [0.25, 0.3) is 6.08 Å². The first kappa shape index (κ1) is 21.7. The molecule has 2 aromatic carbocycles. The van der Waals surface area contributed by atoms with Gasteiger partial charge in [0.1, 0.15) is 6.54 Å².